The molecule has 2 aromatic heterocycles. The number of carbonyl (C=O) groups is 3. The Labute approximate surface area is 326 Å². The van der Waals surface area contributed by atoms with Gasteiger partial charge in [-0.3, -0.25) is 19.4 Å². The standard InChI is InChI=1S/C43H49FN8O4/c1-5-50(6-2)27(3)41(53)51-22-10-14-36(51)40-46-26-35(48-40)32-21-20-31(24-33(32)44)28-16-18-29(19-17-28)34-25-45-39(47-34)37-15-11-23-52(37)42(54)38(49(4)43(55)56)30-12-8-7-9-13-30/h7-9,12-13,16-21,24-27,36-38H,5-6,10-11,14-15,22-23H2,1-4H3,(H,45,47)(H,46,48)(H,55,56)/t27-,36+,37+,38-/m1/s1. The summed E-state index contributed by atoms with van der Waals surface area (Å²) in [4.78, 5) is 62.1. The van der Waals surface area contributed by atoms with Crippen molar-refractivity contribution in [3.8, 4) is 33.6 Å². The summed E-state index contributed by atoms with van der Waals surface area (Å²) in [6.07, 6.45) is 5.37. The first kappa shape index (κ1) is 38.5. The first-order valence-electron chi connectivity index (χ1n) is 19.5. The highest BCUT2D eigenvalue weighted by Crippen LogP contribution is 2.37. The van der Waals surface area contributed by atoms with E-state index in [4.69, 9.17) is 0 Å². The minimum Gasteiger partial charge on any atom is -0.465 e. The fourth-order valence-electron chi connectivity index (χ4n) is 8.28. The van der Waals surface area contributed by atoms with E-state index >= 15 is 4.39 Å². The number of carboxylic acid groups (broad SMARTS) is 1. The van der Waals surface area contributed by atoms with E-state index in [0.29, 0.717) is 48.0 Å². The largest absolute Gasteiger partial charge is 0.465 e. The van der Waals surface area contributed by atoms with Gasteiger partial charge in [0, 0.05) is 25.7 Å². The lowest BCUT2D eigenvalue weighted by Gasteiger charge is -2.32. The van der Waals surface area contributed by atoms with Gasteiger partial charge in [-0.1, -0.05) is 74.5 Å². The van der Waals surface area contributed by atoms with Crippen LogP contribution in [0.3, 0.4) is 0 Å². The third-order valence-corrected chi connectivity index (χ3v) is 11.4. The van der Waals surface area contributed by atoms with E-state index in [2.05, 4.69) is 38.7 Å². The van der Waals surface area contributed by atoms with Crippen LogP contribution in [0.15, 0.2) is 85.2 Å². The maximum absolute atomic E-state index is 15.7. The molecule has 0 bridgehead atoms. The van der Waals surface area contributed by atoms with Gasteiger partial charge in [0.2, 0.25) is 5.91 Å². The Morgan fingerprint density at radius 1 is 0.804 bits per heavy atom. The van der Waals surface area contributed by atoms with Crippen molar-refractivity contribution < 1.29 is 23.9 Å². The molecule has 0 unspecified atom stereocenters. The highest BCUT2D eigenvalue weighted by atomic mass is 19.1. The van der Waals surface area contributed by atoms with Gasteiger partial charge in [-0.15, -0.1) is 0 Å². The highest BCUT2D eigenvalue weighted by molar-refractivity contribution is 5.87. The third-order valence-electron chi connectivity index (χ3n) is 11.4. The fourth-order valence-corrected chi connectivity index (χ4v) is 8.28. The zero-order chi connectivity index (χ0) is 39.5. The lowest BCUT2D eigenvalue weighted by atomic mass is 10.0. The molecule has 3 N–H and O–H groups in total. The Bertz CT molecular complexity index is 2170. The molecule has 4 heterocycles. The predicted octanol–water partition coefficient (Wildman–Crippen LogP) is 7.68. The summed E-state index contributed by atoms with van der Waals surface area (Å²) in [6, 6.07) is 20.2. The number of rotatable bonds is 12. The minimum atomic E-state index is -1.18. The fraction of sp³-hybridized carbons (Fsp3) is 0.372. The van der Waals surface area contributed by atoms with Crippen LogP contribution >= 0.6 is 0 Å². The number of imidazole rings is 2. The van der Waals surface area contributed by atoms with E-state index in [1.807, 2.05) is 48.2 Å². The first-order valence-corrected chi connectivity index (χ1v) is 19.5. The van der Waals surface area contributed by atoms with Crippen molar-refractivity contribution in [2.24, 2.45) is 0 Å². The molecular formula is C43H49FN8O4. The minimum absolute atomic E-state index is 0.0935. The molecule has 0 aliphatic carbocycles. The van der Waals surface area contributed by atoms with Gasteiger partial charge in [0.25, 0.3) is 5.91 Å². The smallest absolute Gasteiger partial charge is 0.407 e. The van der Waals surface area contributed by atoms with Crippen LogP contribution in [0.4, 0.5) is 9.18 Å². The molecular weight excluding hydrogens is 712 g/mol. The molecule has 292 valence electrons. The molecule has 5 aromatic rings. The first-order chi connectivity index (χ1) is 27.1. The van der Waals surface area contributed by atoms with Gasteiger partial charge in [-0.2, -0.15) is 0 Å². The summed E-state index contributed by atoms with van der Waals surface area (Å²) >= 11 is 0. The Hall–Kier alpha value is -5.82. The van der Waals surface area contributed by atoms with E-state index in [9.17, 15) is 19.5 Å². The molecule has 7 rings (SSSR count). The number of amides is 3. The normalized spacial score (nSPS) is 18.0. The average molecular weight is 761 g/mol. The summed E-state index contributed by atoms with van der Waals surface area (Å²) in [5.74, 6) is 0.740. The van der Waals surface area contributed by atoms with Crippen LogP contribution < -0.4 is 0 Å². The zero-order valence-corrected chi connectivity index (χ0v) is 32.3. The lowest BCUT2D eigenvalue weighted by Crippen LogP contribution is -2.46. The van der Waals surface area contributed by atoms with E-state index in [-0.39, 0.29) is 35.8 Å². The second-order valence-corrected chi connectivity index (χ2v) is 14.6. The molecule has 2 saturated heterocycles. The number of likely N-dealkylation sites (tertiary alicyclic amines) is 2. The van der Waals surface area contributed by atoms with E-state index in [1.165, 1.54) is 13.1 Å². The third kappa shape index (κ3) is 7.55. The van der Waals surface area contributed by atoms with E-state index in [1.54, 1.807) is 47.6 Å². The van der Waals surface area contributed by atoms with E-state index < -0.39 is 12.1 Å². The van der Waals surface area contributed by atoms with Crippen LogP contribution in [0.1, 0.15) is 81.8 Å². The van der Waals surface area contributed by atoms with Crippen molar-refractivity contribution in [2.75, 3.05) is 33.2 Å². The Morgan fingerprint density at radius 2 is 1.36 bits per heavy atom. The number of hydrogen-bond donors (Lipinski definition) is 3. The second-order valence-electron chi connectivity index (χ2n) is 14.6. The summed E-state index contributed by atoms with van der Waals surface area (Å²) in [5, 5.41) is 9.78. The quantitative estimate of drug-likeness (QED) is 0.118. The van der Waals surface area contributed by atoms with Crippen LogP contribution in [0, 0.1) is 5.82 Å². The number of H-pyrrole nitrogens is 2. The number of aromatic amines is 2. The topological polar surface area (TPSA) is 142 Å². The molecule has 3 aromatic carbocycles. The van der Waals surface area contributed by atoms with Crippen LogP contribution in [-0.2, 0) is 9.59 Å². The maximum Gasteiger partial charge on any atom is 0.407 e. The van der Waals surface area contributed by atoms with Crippen LogP contribution in [-0.4, -0.2) is 102 Å². The molecule has 3 amide bonds. The van der Waals surface area contributed by atoms with Gasteiger partial charge in [0.1, 0.15) is 23.5 Å². The van der Waals surface area contributed by atoms with Crippen molar-refractivity contribution in [1.82, 2.24) is 39.5 Å². The van der Waals surface area contributed by atoms with Crippen molar-refractivity contribution in [3.05, 3.63) is 108 Å². The Kier molecular flexibility index (Phi) is 11.3. The second kappa shape index (κ2) is 16.5. The Morgan fingerprint density at radius 3 is 1.95 bits per heavy atom. The summed E-state index contributed by atoms with van der Waals surface area (Å²) in [5.41, 5.74) is 4.80. The van der Waals surface area contributed by atoms with Gasteiger partial charge >= 0.3 is 6.09 Å². The maximum atomic E-state index is 15.7. The molecule has 0 spiro atoms. The summed E-state index contributed by atoms with van der Waals surface area (Å²) in [6.45, 7) is 8.86. The Balaban J connectivity index is 1.04. The van der Waals surface area contributed by atoms with Crippen LogP contribution in [0.25, 0.3) is 33.6 Å². The highest BCUT2D eigenvalue weighted by Gasteiger charge is 2.39. The van der Waals surface area contributed by atoms with Crippen molar-refractivity contribution >= 4 is 17.9 Å². The summed E-state index contributed by atoms with van der Waals surface area (Å²) in [7, 11) is 1.42. The van der Waals surface area contributed by atoms with Crippen LogP contribution in [0.5, 0.6) is 0 Å². The molecule has 12 nitrogen and oxygen atoms in total. The number of hydrogen-bond acceptors (Lipinski definition) is 6. The van der Waals surface area contributed by atoms with E-state index in [0.717, 1.165) is 59.6 Å². The molecule has 2 fully saturated rings. The molecule has 0 radical (unpaired) electrons. The zero-order valence-electron chi connectivity index (χ0n) is 32.3. The monoisotopic (exact) mass is 760 g/mol. The molecule has 56 heavy (non-hydrogen) atoms. The number of nitrogens with zero attached hydrogens (tertiary/aromatic N) is 6. The number of nitrogens with one attached hydrogen (secondary N) is 2. The SMILES string of the molecule is CCN(CC)[C@H](C)C(=O)N1CCC[C@H]1c1ncc(-c2ccc(-c3ccc(-c4cnc([C@@H]5CCCN5C(=O)[C@@H](c5ccccc5)N(C)C(=O)O)[nH]4)cc3)cc2F)[nH]1. The van der Waals surface area contributed by atoms with Gasteiger partial charge in [0.05, 0.1) is 41.9 Å². The van der Waals surface area contributed by atoms with Crippen molar-refractivity contribution in [2.45, 2.75) is 70.6 Å². The van der Waals surface area contributed by atoms with Gasteiger partial charge in [-0.05, 0) is 80.1 Å². The predicted molar refractivity (Wildman–Crippen MR) is 212 cm³/mol. The molecule has 13 heteroatoms. The van der Waals surface area contributed by atoms with Crippen molar-refractivity contribution in [1.29, 1.82) is 0 Å². The number of aromatic nitrogens is 4. The summed E-state index contributed by atoms with van der Waals surface area (Å²) < 4.78 is 15.7. The molecule has 0 saturated carbocycles. The number of benzene rings is 3. The molecule has 2 aliphatic rings. The van der Waals surface area contributed by atoms with Crippen LogP contribution in [0.2, 0.25) is 0 Å². The molecule has 4 atom stereocenters. The van der Waals surface area contributed by atoms with Gasteiger partial charge < -0.3 is 24.9 Å². The van der Waals surface area contributed by atoms with Gasteiger partial charge in [-0.25, -0.2) is 19.2 Å². The number of likely N-dealkylation sites (N-methyl/N-ethyl adjacent to an activating group) is 2. The van der Waals surface area contributed by atoms with Crippen molar-refractivity contribution in [3.63, 3.8) is 0 Å². The number of carbonyl (C=O) groups excluding carboxylic acids is 2. The lowest BCUT2D eigenvalue weighted by molar-refractivity contribution is -0.138. The number of halogens is 1. The molecule has 2 aliphatic heterocycles. The van der Waals surface area contributed by atoms with Gasteiger partial charge in [0.15, 0.2) is 0 Å². The average Bonchev–Trinajstić information content (AvgIpc) is 4.06.